The quantitative estimate of drug-likeness (QED) is 0.438. The molecule has 0 unspecified atom stereocenters. The minimum atomic E-state index is -1.39. The van der Waals surface area contributed by atoms with Crippen LogP contribution in [-0.4, -0.2) is 8.07 Å². The smallest absolute Gasteiger partial charge is 0.138 e. The summed E-state index contributed by atoms with van der Waals surface area (Å²) in [5, 5.41) is 0. The van der Waals surface area contributed by atoms with Gasteiger partial charge in [-0.05, 0) is 12.1 Å². The Balaban J connectivity index is 2.97. The zero-order chi connectivity index (χ0) is 9.90. The topological polar surface area (TPSA) is 0 Å². The lowest BCUT2D eigenvalue weighted by molar-refractivity contribution is 0.624. The van der Waals surface area contributed by atoms with Crippen molar-refractivity contribution in [3.05, 3.63) is 35.6 Å². The van der Waals surface area contributed by atoms with Crippen molar-refractivity contribution in [1.82, 2.24) is 0 Å². The van der Waals surface area contributed by atoms with Crippen LogP contribution in [-0.2, 0) is 0 Å². The van der Waals surface area contributed by atoms with Crippen LogP contribution in [0.25, 0.3) is 0 Å². The lowest BCUT2D eigenvalue weighted by Gasteiger charge is -2.03. The van der Waals surface area contributed by atoms with E-state index in [-0.39, 0.29) is 5.82 Å². The van der Waals surface area contributed by atoms with Crippen LogP contribution >= 0.6 is 0 Å². The zero-order valence-electron chi connectivity index (χ0n) is 8.19. The summed E-state index contributed by atoms with van der Waals surface area (Å²) in [4.78, 5) is 0. The number of benzene rings is 1. The van der Waals surface area contributed by atoms with Crippen molar-refractivity contribution in [1.29, 1.82) is 0 Å². The van der Waals surface area contributed by atoms with Crippen LogP contribution < -0.4 is 0 Å². The highest BCUT2D eigenvalue weighted by atomic mass is 28.3. The van der Waals surface area contributed by atoms with E-state index in [1.807, 2.05) is 0 Å². The molecule has 2 heteroatoms. The first-order valence-electron chi connectivity index (χ1n) is 4.27. The molecule has 13 heavy (non-hydrogen) atoms. The molecule has 0 aliphatic rings. The summed E-state index contributed by atoms with van der Waals surface area (Å²) >= 11 is 0. The van der Waals surface area contributed by atoms with Gasteiger partial charge in [0.15, 0.2) is 0 Å². The Morgan fingerprint density at radius 3 is 2.31 bits per heavy atom. The Morgan fingerprint density at radius 2 is 1.77 bits per heavy atom. The second-order valence-electron chi connectivity index (χ2n) is 3.98. The molecule has 1 rings (SSSR count). The summed E-state index contributed by atoms with van der Waals surface area (Å²) in [6, 6.07) is 6.63. The first-order valence-corrected chi connectivity index (χ1v) is 7.77. The molecule has 0 amide bonds. The summed E-state index contributed by atoms with van der Waals surface area (Å²) in [6.07, 6.45) is 0. The SMILES string of the molecule is C[Si](C)(C)C#Cc1ccccc1F. The van der Waals surface area contributed by atoms with Gasteiger partial charge in [0.05, 0.1) is 5.56 Å². The van der Waals surface area contributed by atoms with Crippen molar-refractivity contribution in [2.24, 2.45) is 0 Å². The maximum atomic E-state index is 13.1. The molecule has 0 aliphatic carbocycles. The molecule has 68 valence electrons. The highest BCUT2D eigenvalue weighted by molar-refractivity contribution is 6.83. The molecule has 0 aliphatic heterocycles. The maximum absolute atomic E-state index is 13.1. The van der Waals surface area contributed by atoms with Gasteiger partial charge in [-0.1, -0.05) is 37.7 Å². The van der Waals surface area contributed by atoms with Gasteiger partial charge in [0, 0.05) is 0 Å². The van der Waals surface area contributed by atoms with Gasteiger partial charge in [0.25, 0.3) is 0 Å². The third kappa shape index (κ3) is 3.43. The fourth-order valence-corrected chi connectivity index (χ4v) is 1.33. The van der Waals surface area contributed by atoms with E-state index in [0.717, 1.165) is 0 Å². The van der Waals surface area contributed by atoms with Crippen molar-refractivity contribution in [2.75, 3.05) is 0 Å². The van der Waals surface area contributed by atoms with E-state index in [9.17, 15) is 4.39 Å². The van der Waals surface area contributed by atoms with E-state index in [0.29, 0.717) is 5.56 Å². The Bertz CT molecular complexity index is 352. The molecule has 0 bridgehead atoms. The predicted octanol–water partition coefficient (Wildman–Crippen LogP) is 3.05. The van der Waals surface area contributed by atoms with Crippen molar-refractivity contribution in [2.45, 2.75) is 19.6 Å². The van der Waals surface area contributed by atoms with Gasteiger partial charge in [-0.2, -0.15) is 0 Å². The van der Waals surface area contributed by atoms with Crippen LogP contribution in [0.2, 0.25) is 19.6 Å². The number of hydrogen-bond donors (Lipinski definition) is 0. The highest BCUT2D eigenvalue weighted by Crippen LogP contribution is 2.05. The maximum Gasteiger partial charge on any atom is 0.138 e. The first kappa shape index (κ1) is 10.0. The molecule has 0 spiro atoms. The standard InChI is InChI=1S/C11H13FSi/c1-13(2,3)9-8-10-6-4-5-7-11(10)12/h4-7H,1-3H3. The van der Waals surface area contributed by atoms with E-state index in [2.05, 4.69) is 31.1 Å². The van der Waals surface area contributed by atoms with Gasteiger partial charge >= 0.3 is 0 Å². The summed E-state index contributed by atoms with van der Waals surface area (Å²) in [5.74, 6) is 2.66. The summed E-state index contributed by atoms with van der Waals surface area (Å²) in [5.41, 5.74) is 3.63. The molecule has 1 aromatic carbocycles. The van der Waals surface area contributed by atoms with Gasteiger partial charge in [-0.25, -0.2) is 4.39 Å². The Labute approximate surface area is 79.8 Å². The lowest BCUT2D eigenvalue weighted by atomic mass is 10.2. The number of halogens is 1. The molecule has 0 N–H and O–H groups in total. The highest BCUT2D eigenvalue weighted by Gasteiger charge is 2.07. The molecule has 0 nitrogen and oxygen atoms in total. The minimum absolute atomic E-state index is 0.228. The number of rotatable bonds is 0. The second-order valence-corrected chi connectivity index (χ2v) is 8.73. The van der Waals surface area contributed by atoms with Gasteiger partial charge in [-0.15, -0.1) is 5.54 Å². The van der Waals surface area contributed by atoms with Crippen LogP contribution in [0.5, 0.6) is 0 Å². The first-order chi connectivity index (χ1) is 5.99. The van der Waals surface area contributed by atoms with Gasteiger partial charge in [0.2, 0.25) is 0 Å². The van der Waals surface area contributed by atoms with Crippen LogP contribution in [0.4, 0.5) is 4.39 Å². The molecular weight excluding hydrogens is 179 g/mol. The van der Waals surface area contributed by atoms with Gasteiger partial charge in [-0.3, -0.25) is 0 Å². The van der Waals surface area contributed by atoms with Crippen molar-refractivity contribution in [3.8, 4) is 11.5 Å². The lowest BCUT2D eigenvalue weighted by Crippen LogP contribution is -2.16. The van der Waals surface area contributed by atoms with Gasteiger partial charge in [0.1, 0.15) is 13.9 Å². The van der Waals surface area contributed by atoms with Crippen LogP contribution in [0.1, 0.15) is 5.56 Å². The summed E-state index contributed by atoms with van der Waals surface area (Å²) in [6.45, 7) is 6.42. The fourth-order valence-electron chi connectivity index (χ4n) is 0.817. The average Bonchev–Trinajstić information content (AvgIpc) is 2.01. The van der Waals surface area contributed by atoms with Crippen molar-refractivity contribution >= 4 is 8.07 Å². The third-order valence-electron chi connectivity index (χ3n) is 1.45. The molecular formula is C11H13FSi. The predicted molar refractivity (Wildman–Crippen MR) is 56.6 cm³/mol. The monoisotopic (exact) mass is 192 g/mol. The van der Waals surface area contributed by atoms with E-state index in [1.165, 1.54) is 6.07 Å². The van der Waals surface area contributed by atoms with E-state index >= 15 is 0 Å². The molecule has 0 fully saturated rings. The van der Waals surface area contributed by atoms with Crippen LogP contribution in [0.3, 0.4) is 0 Å². The number of hydrogen-bond acceptors (Lipinski definition) is 0. The normalized spacial score (nSPS) is 10.5. The Morgan fingerprint density at radius 1 is 1.15 bits per heavy atom. The van der Waals surface area contributed by atoms with Crippen LogP contribution in [0.15, 0.2) is 24.3 Å². The minimum Gasteiger partial charge on any atom is -0.206 e. The van der Waals surface area contributed by atoms with Gasteiger partial charge < -0.3 is 0 Å². The molecule has 1 aromatic rings. The second kappa shape index (κ2) is 3.76. The summed E-state index contributed by atoms with van der Waals surface area (Å²) < 4.78 is 13.1. The van der Waals surface area contributed by atoms with Crippen molar-refractivity contribution < 1.29 is 4.39 Å². The Kier molecular flexibility index (Phi) is 2.89. The molecule has 0 aromatic heterocycles. The fraction of sp³-hybridized carbons (Fsp3) is 0.273. The van der Waals surface area contributed by atoms with E-state index in [4.69, 9.17) is 0 Å². The molecule has 0 saturated heterocycles. The summed E-state index contributed by atoms with van der Waals surface area (Å²) in [7, 11) is -1.39. The molecule has 0 saturated carbocycles. The van der Waals surface area contributed by atoms with Crippen LogP contribution in [0, 0.1) is 17.3 Å². The Hall–Kier alpha value is -1.07. The van der Waals surface area contributed by atoms with Crippen molar-refractivity contribution in [3.63, 3.8) is 0 Å². The van der Waals surface area contributed by atoms with E-state index < -0.39 is 8.07 Å². The zero-order valence-corrected chi connectivity index (χ0v) is 9.19. The molecule has 0 radical (unpaired) electrons. The van der Waals surface area contributed by atoms with E-state index in [1.54, 1.807) is 18.2 Å². The molecule has 0 heterocycles. The molecule has 0 atom stereocenters. The average molecular weight is 192 g/mol. The third-order valence-corrected chi connectivity index (χ3v) is 2.32. The largest absolute Gasteiger partial charge is 0.206 e.